The van der Waals surface area contributed by atoms with Crippen molar-refractivity contribution in [3.05, 3.63) is 60.3 Å². The third-order valence-corrected chi connectivity index (χ3v) is 4.91. The predicted octanol–water partition coefficient (Wildman–Crippen LogP) is 1.99. The van der Waals surface area contributed by atoms with E-state index < -0.39 is 22.5 Å². The van der Waals surface area contributed by atoms with Gasteiger partial charge in [0.2, 0.25) is 0 Å². The standard InChI is InChI=1S/C17H15N3O4S/c1-24-17(21)13-20(25(22,23)16-10-4-5-12-19-16)15-9-3-2-7-14(15)8-6-11-18/h2-10,12H,13H2,1H3/b8-6+. The number of hydrogen-bond donors (Lipinski definition) is 0. The first-order chi connectivity index (χ1) is 12.0. The second-order valence-electron chi connectivity index (χ2n) is 4.78. The summed E-state index contributed by atoms with van der Waals surface area (Å²) in [5.74, 6) is -0.724. The van der Waals surface area contributed by atoms with Crippen LogP contribution in [0.25, 0.3) is 6.08 Å². The zero-order valence-corrected chi connectivity index (χ0v) is 14.2. The number of sulfonamides is 1. The molecule has 0 spiro atoms. The topological polar surface area (TPSA) is 100 Å². The molecule has 0 aliphatic rings. The third-order valence-electron chi connectivity index (χ3n) is 3.24. The van der Waals surface area contributed by atoms with Crippen LogP contribution in [0.2, 0.25) is 0 Å². The number of para-hydroxylation sites is 1. The van der Waals surface area contributed by atoms with Crippen molar-refractivity contribution in [3.63, 3.8) is 0 Å². The molecule has 0 saturated carbocycles. The van der Waals surface area contributed by atoms with E-state index >= 15 is 0 Å². The van der Waals surface area contributed by atoms with Crippen LogP contribution in [0.1, 0.15) is 5.56 Å². The Hall–Kier alpha value is -3.18. The van der Waals surface area contributed by atoms with Crippen LogP contribution < -0.4 is 4.31 Å². The lowest BCUT2D eigenvalue weighted by Crippen LogP contribution is -2.37. The number of hydrogen-bond acceptors (Lipinski definition) is 6. The predicted molar refractivity (Wildman–Crippen MR) is 91.9 cm³/mol. The van der Waals surface area contributed by atoms with Crippen molar-refractivity contribution >= 4 is 27.8 Å². The van der Waals surface area contributed by atoms with Crippen LogP contribution in [-0.4, -0.2) is 33.0 Å². The summed E-state index contributed by atoms with van der Waals surface area (Å²) in [7, 11) is -2.93. The number of ether oxygens (including phenoxy) is 1. The molecule has 128 valence electrons. The fourth-order valence-corrected chi connectivity index (χ4v) is 3.45. The normalized spacial score (nSPS) is 11.0. The van der Waals surface area contributed by atoms with Gasteiger partial charge in [0.15, 0.2) is 5.03 Å². The number of benzene rings is 1. The van der Waals surface area contributed by atoms with Gasteiger partial charge in [0, 0.05) is 12.3 Å². The van der Waals surface area contributed by atoms with E-state index in [1.165, 1.54) is 37.6 Å². The molecule has 25 heavy (non-hydrogen) atoms. The number of allylic oxidation sites excluding steroid dienone is 1. The van der Waals surface area contributed by atoms with Crippen molar-refractivity contribution in [2.24, 2.45) is 0 Å². The average Bonchev–Trinajstić information content (AvgIpc) is 2.65. The summed E-state index contributed by atoms with van der Waals surface area (Å²) in [6.07, 6.45) is 4.04. The smallest absolute Gasteiger partial charge is 0.326 e. The number of carbonyl (C=O) groups is 1. The number of esters is 1. The maximum atomic E-state index is 13.0. The molecular weight excluding hydrogens is 342 g/mol. The van der Waals surface area contributed by atoms with Gasteiger partial charge in [0.05, 0.1) is 18.9 Å². The summed E-state index contributed by atoms with van der Waals surface area (Å²) >= 11 is 0. The van der Waals surface area contributed by atoms with Crippen molar-refractivity contribution in [1.29, 1.82) is 5.26 Å². The van der Waals surface area contributed by atoms with E-state index in [4.69, 9.17) is 5.26 Å². The molecule has 1 heterocycles. The third kappa shape index (κ3) is 4.22. The number of pyridine rings is 1. The number of methoxy groups -OCH3 is 1. The van der Waals surface area contributed by atoms with Crippen LogP contribution >= 0.6 is 0 Å². The first-order valence-corrected chi connectivity index (χ1v) is 8.60. The van der Waals surface area contributed by atoms with E-state index in [2.05, 4.69) is 9.72 Å². The summed E-state index contributed by atoms with van der Waals surface area (Å²) in [6.45, 7) is -0.521. The molecule has 2 rings (SSSR count). The van der Waals surface area contributed by atoms with Crippen molar-refractivity contribution in [2.45, 2.75) is 5.03 Å². The molecule has 1 aromatic carbocycles. The van der Waals surface area contributed by atoms with Gasteiger partial charge in [0.25, 0.3) is 10.0 Å². The van der Waals surface area contributed by atoms with Gasteiger partial charge < -0.3 is 4.74 Å². The summed E-state index contributed by atoms with van der Waals surface area (Å²) < 4.78 is 31.5. The molecule has 0 radical (unpaired) electrons. The lowest BCUT2D eigenvalue weighted by atomic mass is 10.1. The minimum absolute atomic E-state index is 0.196. The Morgan fingerprint density at radius 3 is 2.64 bits per heavy atom. The molecule has 2 aromatic rings. The van der Waals surface area contributed by atoms with Gasteiger partial charge in [-0.15, -0.1) is 0 Å². The van der Waals surface area contributed by atoms with Crippen LogP contribution in [0, 0.1) is 11.3 Å². The molecular formula is C17H15N3O4S. The van der Waals surface area contributed by atoms with E-state index in [-0.39, 0.29) is 10.7 Å². The molecule has 0 atom stereocenters. The Morgan fingerprint density at radius 2 is 2.00 bits per heavy atom. The lowest BCUT2D eigenvalue weighted by molar-refractivity contribution is -0.138. The quantitative estimate of drug-likeness (QED) is 0.579. The number of rotatable bonds is 6. The maximum Gasteiger partial charge on any atom is 0.326 e. The molecule has 7 nitrogen and oxygen atoms in total. The lowest BCUT2D eigenvalue weighted by Gasteiger charge is -2.24. The van der Waals surface area contributed by atoms with E-state index in [9.17, 15) is 13.2 Å². The Balaban J connectivity index is 2.61. The first-order valence-electron chi connectivity index (χ1n) is 7.16. The highest BCUT2D eigenvalue weighted by molar-refractivity contribution is 7.92. The zero-order chi connectivity index (χ0) is 18.3. The number of carbonyl (C=O) groups excluding carboxylic acids is 1. The highest BCUT2D eigenvalue weighted by Gasteiger charge is 2.29. The minimum Gasteiger partial charge on any atom is -0.468 e. The number of anilines is 1. The van der Waals surface area contributed by atoms with E-state index in [1.54, 1.807) is 30.3 Å². The molecule has 0 unspecified atom stereocenters. The number of nitrogens with zero attached hydrogens (tertiary/aromatic N) is 3. The summed E-state index contributed by atoms with van der Waals surface area (Å²) in [5.41, 5.74) is 0.706. The molecule has 0 aliphatic carbocycles. The largest absolute Gasteiger partial charge is 0.468 e. The van der Waals surface area contributed by atoms with Crippen LogP contribution in [0.15, 0.2) is 59.8 Å². The van der Waals surface area contributed by atoms with Gasteiger partial charge in [0.1, 0.15) is 6.54 Å². The molecule has 8 heteroatoms. The summed E-state index contributed by atoms with van der Waals surface area (Å²) in [6, 6.07) is 12.8. The Bertz CT molecular complexity index is 918. The fraction of sp³-hybridized carbons (Fsp3) is 0.118. The van der Waals surface area contributed by atoms with Crippen molar-refractivity contribution in [1.82, 2.24) is 4.98 Å². The monoisotopic (exact) mass is 357 g/mol. The maximum absolute atomic E-state index is 13.0. The molecule has 0 fully saturated rings. The Morgan fingerprint density at radius 1 is 1.28 bits per heavy atom. The van der Waals surface area contributed by atoms with Gasteiger partial charge in [-0.1, -0.05) is 24.3 Å². The van der Waals surface area contributed by atoms with Gasteiger partial charge in [-0.25, -0.2) is 4.98 Å². The van der Waals surface area contributed by atoms with Gasteiger partial charge in [-0.05, 0) is 29.8 Å². The van der Waals surface area contributed by atoms with Crippen LogP contribution in [0.4, 0.5) is 5.69 Å². The van der Waals surface area contributed by atoms with Crippen LogP contribution in [0.5, 0.6) is 0 Å². The van der Waals surface area contributed by atoms with Gasteiger partial charge in [-0.2, -0.15) is 13.7 Å². The molecule has 1 aromatic heterocycles. The molecule has 0 saturated heterocycles. The van der Waals surface area contributed by atoms with Gasteiger partial charge >= 0.3 is 5.97 Å². The molecule has 0 aliphatic heterocycles. The SMILES string of the molecule is COC(=O)CN(c1ccccc1/C=C/C#N)S(=O)(=O)c1ccccn1. The zero-order valence-electron chi connectivity index (χ0n) is 13.4. The number of aromatic nitrogens is 1. The Labute approximate surface area is 145 Å². The van der Waals surface area contributed by atoms with Crippen molar-refractivity contribution in [2.75, 3.05) is 18.0 Å². The molecule has 0 N–H and O–H groups in total. The van der Waals surface area contributed by atoms with Crippen LogP contribution in [-0.2, 0) is 19.6 Å². The summed E-state index contributed by atoms with van der Waals surface area (Å²) in [5, 5.41) is 8.53. The average molecular weight is 357 g/mol. The Kier molecular flexibility index (Phi) is 5.87. The highest BCUT2D eigenvalue weighted by atomic mass is 32.2. The van der Waals surface area contributed by atoms with Crippen molar-refractivity contribution in [3.8, 4) is 6.07 Å². The number of nitriles is 1. The second-order valence-corrected chi connectivity index (χ2v) is 6.59. The highest BCUT2D eigenvalue weighted by Crippen LogP contribution is 2.27. The molecule has 0 amide bonds. The molecule has 0 bridgehead atoms. The van der Waals surface area contributed by atoms with E-state index in [1.807, 2.05) is 6.07 Å². The van der Waals surface area contributed by atoms with Crippen molar-refractivity contribution < 1.29 is 17.9 Å². The van der Waals surface area contributed by atoms with E-state index in [0.29, 0.717) is 5.56 Å². The van der Waals surface area contributed by atoms with Gasteiger partial charge in [-0.3, -0.25) is 9.10 Å². The van der Waals surface area contributed by atoms with E-state index in [0.717, 1.165) is 4.31 Å². The summed E-state index contributed by atoms with van der Waals surface area (Å²) in [4.78, 5) is 15.6. The van der Waals surface area contributed by atoms with Crippen LogP contribution in [0.3, 0.4) is 0 Å². The minimum atomic E-state index is -4.10. The first kappa shape index (κ1) is 18.2. The second kappa shape index (κ2) is 8.08. The fourth-order valence-electron chi connectivity index (χ4n) is 2.08.